The van der Waals surface area contributed by atoms with E-state index in [1.165, 1.54) is 60.2 Å². The van der Waals surface area contributed by atoms with E-state index in [2.05, 4.69) is 47.9 Å². The fourth-order valence-electron chi connectivity index (χ4n) is 4.01. The number of hydrogen-bond acceptors (Lipinski definition) is 2. The van der Waals surface area contributed by atoms with Gasteiger partial charge in [-0.1, -0.05) is 79.3 Å². The molecule has 1 atom stereocenters. The molecule has 2 aromatic carbocycles. The molecule has 0 amide bonds. The average Bonchev–Trinajstić information content (AvgIpc) is 2.63. The Bertz CT molecular complexity index is 791. The van der Waals surface area contributed by atoms with Crippen molar-refractivity contribution in [2.24, 2.45) is 11.0 Å². The van der Waals surface area contributed by atoms with Crippen LogP contribution in [0.25, 0.3) is 5.70 Å². The van der Waals surface area contributed by atoms with Crippen molar-refractivity contribution in [2.45, 2.75) is 38.5 Å². The summed E-state index contributed by atoms with van der Waals surface area (Å²) in [4.78, 5) is 0. The van der Waals surface area contributed by atoms with Gasteiger partial charge in [-0.25, -0.2) is 0 Å². The van der Waals surface area contributed by atoms with Gasteiger partial charge in [0.2, 0.25) is 0 Å². The second kappa shape index (κ2) is 7.31. The average molecular weight is 326 g/mol. The molecular formula is C22H23BN2. The number of nitrogens with zero attached hydrogens (tertiary/aromatic N) is 1. The standard InChI is InChI=1S/C22H23BN2/c23-18-14-12-17(13-15-18)22-20-11-7-2-1-6-10-19(20)21(24-25-22)16-8-4-3-5-9-16/h3-5,8-9,12-15,19,25H,1-2,6-7,10-11H2. The minimum Gasteiger partial charge on any atom is -0.278 e. The lowest BCUT2D eigenvalue weighted by molar-refractivity contribution is 0.522. The summed E-state index contributed by atoms with van der Waals surface area (Å²) in [6.45, 7) is 0. The molecule has 1 unspecified atom stereocenters. The highest BCUT2D eigenvalue weighted by atomic mass is 15.3. The molecule has 1 aliphatic carbocycles. The summed E-state index contributed by atoms with van der Waals surface area (Å²) < 4.78 is 0. The number of hydrogen-bond donors (Lipinski definition) is 1. The number of allylic oxidation sites excluding steroid dienone is 1. The summed E-state index contributed by atoms with van der Waals surface area (Å²) in [5.41, 5.74) is 10.5. The molecule has 4 rings (SSSR count). The first-order valence-corrected chi connectivity index (χ1v) is 9.31. The summed E-state index contributed by atoms with van der Waals surface area (Å²) >= 11 is 0. The molecule has 1 heterocycles. The van der Waals surface area contributed by atoms with Crippen LogP contribution in [-0.4, -0.2) is 13.6 Å². The largest absolute Gasteiger partial charge is 0.278 e. The SMILES string of the molecule is [B]c1ccc(C2=C3CCCCCCC3C(c3ccccc3)=NN2)cc1. The van der Waals surface area contributed by atoms with E-state index in [9.17, 15) is 0 Å². The summed E-state index contributed by atoms with van der Waals surface area (Å²) in [6, 6.07) is 18.7. The van der Waals surface area contributed by atoms with E-state index in [0.717, 1.165) is 11.9 Å². The van der Waals surface area contributed by atoms with Crippen molar-refractivity contribution in [3.8, 4) is 0 Å². The van der Waals surface area contributed by atoms with Gasteiger partial charge in [-0.15, -0.1) is 0 Å². The van der Waals surface area contributed by atoms with E-state index in [-0.39, 0.29) is 0 Å². The molecule has 124 valence electrons. The van der Waals surface area contributed by atoms with Crippen molar-refractivity contribution in [1.29, 1.82) is 0 Å². The first kappa shape index (κ1) is 16.2. The highest BCUT2D eigenvalue weighted by molar-refractivity contribution is 6.32. The van der Waals surface area contributed by atoms with Crippen molar-refractivity contribution in [3.63, 3.8) is 0 Å². The smallest absolute Gasteiger partial charge is 0.113 e. The Labute approximate surface area is 151 Å². The molecule has 1 N–H and O–H groups in total. The molecule has 0 aromatic heterocycles. The van der Waals surface area contributed by atoms with Crippen LogP contribution in [0.15, 0.2) is 65.3 Å². The quantitative estimate of drug-likeness (QED) is 0.823. The topological polar surface area (TPSA) is 24.4 Å². The van der Waals surface area contributed by atoms with Gasteiger partial charge in [0.05, 0.1) is 11.4 Å². The third kappa shape index (κ3) is 3.41. The van der Waals surface area contributed by atoms with Crippen LogP contribution < -0.4 is 10.9 Å². The fraction of sp³-hybridized carbons (Fsp3) is 0.318. The molecule has 0 spiro atoms. The van der Waals surface area contributed by atoms with E-state index in [1.807, 2.05) is 12.1 Å². The molecule has 2 aliphatic rings. The highest BCUT2D eigenvalue weighted by Crippen LogP contribution is 2.37. The Kier molecular flexibility index (Phi) is 4.73. The zero-order chi connectivity index (χ0) is 17.1. The van der Waals surface area contributed by atoms with Gasteiger partial charge < -0.3 is 0 Å². The van der Waals surface area contributed by atoms with Crippen LogP contribution in [-0.2, 0) is 0 Å². The number of benzene rings is 2. The molecule has 0 bridgehead atoms. The van der Waals surface area contributed by atoms with Gasteiger partial charge >= 0.3 is 0 Å². The Morgan fingerprint density at radius 1 is 0.840 bits per heavy atom. The Balaban J connectivity index is 1.76. The lowest BCUT2D eigenvalue weighted by Crippen LogP contribution is -2.29. The summed E-state index contributed by atoms with van der Waals surface area (Å²) in [5, 5.41) is 4.81. The van der Waals surface area contributed by atoms with Crippen molar-refractivity contribution in [3.05, 3.63) is 71.3 Å². The maximum absolute atomic E-state index is 5.87. The first-order valence-electron chi connectivity index (χ1n) is 9.31. The monoisotopic (exact) mass is 326 g/mol. The number of hydrazone groups is 1. The predicted molar refractivity (Wildman–Crippen MR) is 106 cm³/mol. The van der Waals surface area contributed by atoms with Gasteiger partial charge in [0.25, 0.3) is 0 Å². The zero-order valence-corrected chi connectivity index (χ0v) is 14.5. The van der Waals surface area contributed by atoms with Crippen LogP contribution in [0, 0.1) is 5.92 Å². The van der Waals surface area contributed by atoms with Crippen LogP contribution in [0.4, 0.5) is 0 Å². The Morgan fingerprint density at radius 2 is 1.60 bits per heavy atom. The molecule has 25 heavy (non-hydrogen) atoms. The van der Waals surface area contributed by atoms with E-state index in [4.69, 9.17) is 12.9 Å². The maximum Gasteiger partial charge on any atom is 0.113 e. The van der Waals surface area contributed by atoms with Crippen LogP contribution in [0.2, 0.25) is 0 Å². The number of fused-ring (bicyclic) bond motifs is 1. The van der Waals surface area contributed by atoms with Crippen molar-refractivity contribution >= 4 is 24.7 Å². The van der Waals surface area contributed by atoms with Gasteiger partial charge in [-0.3, -0.25) is 5.43 Å². The lowest BCUT2D eigenvalue weighted by Gasteiger charge is -2.31. The lowest BCUT2D eigenvalue weighted by atomic mass is 9.78. The van der Waals surface area contributed by atoms with Gasteiger partial charge in [-0.05, 0) is 36.0 Å². The normalized spacial score (nSPS) is 20.8. The summed E-state index contributed by atoms with van der Waals surface area (Å²) in [7, 11) is 5.87. The first-order chi connectivity index (χ1) is 12.3. The highest BCUT2D eigenvalue weighted by Gasteiger charge is 2.29. The van der Waals surface area contributed by atoms with Crippen LogP contribution in [0.5, 0.6) is 0 Å². The predicted octanol–water partition coefficient (Wildman–Crippen LogP) is 4.17. The van der Waals surface area contributed by atoms with Gasteiger partial charge in [-0.2, -0.15) is 5.10 Å². The van der Waals surface area contributed by atoms with Crippen molar-refractivity contribution in [2.75, 3.05) is 0 Å². The minimum absolute atomic E-state index is 0.413. The molecule has 2 radical (unpaired) electrons. The summed E-state index contributed by atoms with van der Waals surface area (Å²) in [5.74, 6) is 0.413. The van der Waals surface area contributed by atoms with E-state index < -0.39 is 0 Å². The van der Waals surface area contributed by atoms with Crippen molar-refractivity contribution < 1.29 is 0 Å². The van der Waals surface area contributed by atoms with E-state index in [0.29, 0.717) is 5.92 Å². The third-order valence-electron chi connectivity index (χ3n) is 5.32. The Morgan fingerprint density at radius 3 is 2.40 bits per heavy atom. The second-order valence-electron chi connectivity index (χ2n) is 7.00. The summed E-state index contributed by atoms with van der Waals surface area (Å²) in [6.07, 6.45) is 7.51. The number of nitrogens with one attached hydrogen (secondary N) is 1. The molecule has 1 fully saturated rings. The van der Waals surface area contributed by atoms with Crippen LogP contribution >= 0.6 is 0 Å². The molecule has 3 heteroatoms. The van der Waals surface area contributed by atoms with Crippen molar-refractivity contribution in [1.82, 2.24) is 5.43 Å². The van der Waals surface area contributed by atoms with Gasteiger partial charge in [0.1, 0.15) is 7.85 Å². The van der Waals surface area contributed by atoms with E-state index in [1.54, 1.807) is 0 Å². The van der Waals surface area contributed by atoms with Crippen LogP contribution in [0.1, 0.15) is 49.7 Å². The third-order valence-corrected chi connectivity index (χ3v) is 5.32. The van der Waals surface area contributed by atoms with Gasteiger partial charge in [0.15, 0.2) is 0 Å². The van der Waals surface area contributed by atoms with Gasteiger partial charge in [0, 0.05) is 5.92 Å². The van der Waals surface area contributed by atoms with Crippen LogP contribution in [0.3, 0.4) is 0 Å². The molecule has 0 saturated heterocycles. The molecule has 2 nitrogen and oxygen atoms in total. The second-order valence-corrected chi connectivity index (χ2v) is 7.00. The molecule has 1 saturated carbocycles. The molecule has 2 aromatic rings. The maximum atomic E-state index is 5.87. The zero-order valence-electron chi connectivity index (χ0n) is 14.5. The van der Waals surface area contributed by atoms with E-state index >= 15 is 0 Å². The molecular weight excluding hydrogens is 303 g/mol. The Hall–Kier alpha value is -2.29. The fourth-order valence-corrected chi connectivity index (χ4v) is 4.01. The minimum atomic E-state index is 0.413. The number of rotatable bonds is 2. The molecule has 1 aliphatic heterocycles.